The van der Waals surface area contributed by atoms with Crippen LogP contribution in [0.5, 0.6) is 0 Å². The van der Waals surface area contributed by atoms with Gasteiger partial charge in [0.2, 0.25) is 10.0 Å². The number of nitrogens with zero attached hydrogens (tertiary/aromatic N) is 2. The van der Waals surface area contributed by atoms with Crippen molar-refractivity contribution in [1.29, 1.82) is 0 Å². The minimum atomic E-state index is -3.65. The van der Waals surface area contributed by atoms with Crippen LogP contribution in [-0.2, 0) is 14.8 Å². The second kappa shape index (κ2) is 8.00. The Morgan fingerprint density at radius 3 is 2.96 bits per heavy atom. The minimum absolute atomic E-state index is 0.137. The van der Waals surface area contributed by atoms with E-state index in [4.69, 9.17) is 4.74 Å². The number of pyridine rings is 1. The molecule has 1 unspecified atom stereocenters. The van der Waals surface area contributed by atoms with Gasteiger partial charge in [-0.25, -0.2) is 13.1 Å². The first-order chi connectivity index (χ1) is 12.3. The summed E-state index contributed by atoms with van der Waals surface area (Å²) < 4.78 is 34.1. The Bertz CT molecular complexity index is 867. The molecule has 2 heterocycles. The molecule has 2 aromatic rings. The van der Waals surface area contributed by atoms with Gasteiger partial charge in [-0.3, -0.25) is 9.88 Å². The van der Waals surface area contributed by atoms with Crippen molar-refractivity contribution in [3.8, 4) is 0 Å². The maximum Gasteiger partial charge on any atom is 0.242 e. The fourth-order valence-corrected chi connectivity index (χ4v) is 4.57. The number of para-hydroxylation sites is 1. The molecule has 1 atom stereocenters. The van der Waals surface area contributed by atoms with Crippen LogP contribution in [0.3, 0.4) is 0 Å². The smallest absolute Gasteiger partial charge is 0.242 e. The van der Waals surface area contributed by atoms with Gasteiger partial charge in [-0.1, -0.05) is 26.0 Å². The Hall–Kier alpha value is -1.54. The minimum Gasteiger partial charge on any atom is -0.374 e. The van der Waals surface area contributed by atoms with E-state index < -0.39 is 10.0 Å². The number of hydrogen-bond acceptors (Lipinski definition) is 5. The third-order valence-corrected chi connectivity index (χ3v) is 5.90. The summed E-state index contributed by atoms with van der Waals surface area (Å²) in [6.45, 7) is 9.84. The maximum atomic E-state index is 12.8. The van der Waals surface area contributed by atoms with Crippen LogP contribution in [0.25, 0.3) is 10.9 Å². The number of hydrogen-bond donors (Lipinski definition) is 1. The van der Waals surface area contributed by atoms with Gasteiger partial charge in [0.1, 0.15) is 4.90 Å². The maximum absolute atomic E-state index is 12.8. The van der Waals surface area contributed by atoms with E-state index in [1.54, 1.807) is 18.3 Å². The number of benzene rings is 1. The molecule has 1 N–H and O–H groups in total. The Balaban J connectivity index is 1.72. The predicted octanol–water partition coefficient (Wildman–Crippen LogP) is 2.18. The van der Waals surface area contributed by atoms with Gasteiger partial charge in [-0.15, -0.1) is 0 Å². The molecule has 3 rings (SSSR count). The number of aromatic nitrogens is 1. The summed E-state index contributed by atoms with van der Waals surface area (Å²) in [7, 11) is -3.65. The summed E-state index contributed by atoms with van der Waals surface area (Å²) in [6.07, 6.45) is 1.55. The average Bonchev–Trinajstić information content (AvgIpc) is 2.59. The molecule has 6 nitrogen and oxygen atoms in total. The molecule has 0 amide bonds. The molecule has 1 aliphatic heterocycles. The van der Waals surface area contributed by atoms with Crippen LogP contribution >= 0.6 is 0 Å². The molecule has 0 aliphatic carbocycles. The Morgan fingerprint density at radius 2 is 2.19 bits per heavy atom. The van der Waals surface area contributed by atoms with Crippen LogP contribution in [0.15, 0.2) is 35.4 Å². The molecule has 7 heteroatoms. The van der Waals surface area contributed by atoms with E-state index in [0.717, 1.165) is 30.6 Å². The van der Waals surface area contributed by atoms with E-state index in [1.165, 1.54) is 0 Å². The Labute approximate surface area is 155 Å². The number of morpholine rings is 1. The van der Waals surface area contributed by atoms with Crippen LogP contribution in [0.2, 0.25) is 0 Å². The fraction of sp³-hybridized carbons (Fsp3) is 0.526. The molecule has 26 heavy (non-hydrogen) atoms. The van der Waals surface area contributed by atoms with Crippen molar-refractivity contribution in [1.82, 2.24) is 14.6 Å². The zero-order valence-corrected chi connectivity index (χ0v) is 16.4. The topological polar surface area (TPSA) is 71.5 Å². The number of sulfonamides is 1. The van der Waals surface area contributed by atoms with Gasteiger partial charge in [-0.05, 0) is 30.5 Å². The average molecular weight is 378 g/mol. The van der Waals surface area contributed by atoms with Gasteiger partial charge >= 0.3 is 0 Å². The number of nitrogens with one attached hydrogen (secondary N) is 1. The lowest BCUT2D eigenvalue weighted by Crippen LogP contribution is -2.48. The van der Waals surface area contributed by atoms with Gasteiger partial charge < -0.3 is 4.74 Å². The van der Waals surface area contributed by atoms with Gasteiger partial charge in [0.25, 0.3) is 0 Å². The molecule has 1 fully saturated rings. The lowest BCUT2D eigenvalue weighted by Gasteiger charge is -2.33. The summed E-state index contributed by atoms with van der Waals surface area (Å²) in [6, 6.07) is 7.16. The normalized spacial score (nSPS) is 19.3. The number of fused-ring (bicyclic) bond motifs is 1. The van der Waals surface area contributed by atoms with E-state index in [-0.39, 0.29) is 17.5 Å². The molecule has 1 aromatic carbocycles. The SMILES string of the molecule is Cc1cnc2c(S(=O)(=O)NCC3CN(CC(C)C)CCO3)cccc2c1. The number of rotatable bonds is 6. The summed E-state index contributed by atoms with van der Waals surface area (Å²) in [5, 5.41) is 0.824. The Kier molecular flexibility index (Phi) is 5.92. The highest BCUT2D eigenvalue weighted by Gasteiger charge is 2.24. The van der Waals surface area contributed by atoms with Crippen molar-refractivity contribution in [2.75, 3.05) is 32.8 Å². The van der Waals surface area contributed by atoms with E-state index in [1.807, 2.05) is 19.1 Å². The van der Waals surface area contributed by atoms with Crippen molar-refractivity contribution >= 4 is 20.9 Å². The second-order valence-corrected chi connectivity index (χ2v) is 9.07. The van der Waals surface area contributed by atoms with E-state index in [2.05, 4.69) is 28.5 Å². The third-order valence-electron chi connectivity index (χ3n) is 4.45. The first-order valence-corrected chi connectivity index (χ1v) is 10.5. The molecule has 1 saturated heterocycles. The highest BCUT2D eigenvalue weighted by Crippen LogP contribution is 2.21. The van der Waals surface area contributed by atoms with Crippen molar-refractivity contribution in [2.45, 2.75) is 31.8 Å². The first-order valence-electron chi connectivity index (χ1n) is 9.04. The number of ether oxygens (including phenoxy) is 1. The zero-order valence-electron chi connectivity index (χ0n) is 15.6. The van der Waals surface area contributed by atoms with Gasteiger partial charge in [0.05, 0.1) is 18.2 Å². The summed E-state index contributed by atoms with van der Waals surface area (Å²) in [5.41, 5.74) is 1.50. The Morgan fingerprint density at radius 1 is 1.38 bits per heavy atom. The van der Waals surface area contributed by atoms with Crippen LogP contribution in [0.4, 0.5) is 0 Å². The van der Waals surface area contributed by atoms with Crippen molar-refractivity contribution in [3.05, 3.63) is 36.0 Å². The molecule has 0 radical (unpaired) electrons. The van der Waals surface area contributed by atoms with Crippen LogP contribution in [0.1, 0.15) is 19.4 Å². The highest BCUT2D eigenvalue weighted by molar-refractivity contribution is 7.89. The van der Waals surface area contributed by atoms with Crippen LogP contribution in [-0.4, -0.2) is 57.2 Å². The second-order valence-electron chi connectivity index (χ2n) is 7.34. The molecular formula is C19H27N3O3S. The molecule has 1 aromatic heterocycles. The highest BCUT2D eigenvalue weighted by atomic mass is 32.2. The molecule has 1 aliphatic rings. The summed E-state index contributed by atoms with van der Waals surface area (Å²) in [4.78, 5) is 6.87. The quantitative estimate of drug-likeness (QED) is 0.835. The lowest BCUT2D eigenvalue weighted by atomic mass is 10.2. The third kappa shape index (κ3) is 4.59. The standard InChI is InChI=1S/C19H27N3O3S/c1-14(2)12-22-7-8-25-17(13-22)11-21-26(23,24)18-6-4-5-16-9-15(3)10-20-19(16)18/h4-6,9-10,14,17,21H,7-8,11-13H2,1-3H3. The monoisotopic (exact) mass is 377 g/mol. The van der Waals surface area contributed by atoms with Gasteiger partial charge in [0, 0.05) is 37.8 Å². The zero-order chi connectivity index (χ0) is 18.7. The molecule has 0 saturated carbocycles. The first kappa shape index (κ1) is 19.2. The van der Waals surface area contributed by atoms with Crippen molar-refractivity contribution < 1.29 is 13.2 Å². The largest absolute Gasteiger partial charge is 0.374 e. The molecule has 142 valence electrons. The number of aryl methyl sites for hydroxylation is 1. The van der Waals surface area contributed by atoms with Gasteiger partial charge in [0.15, 0.2) is 0 Å². The van der Waals surface area contributed by atoms with Gasteiger partial charge in [-0.2, -0.15) is 0 Å². The van der Waals surface area contributed by atoms with E-state index in [9.17, 15) is 8.42 Å². The predicted molar refractivity (Wildman–Crippen MR) is 103 cm³/mol. The summed E-state index contributed by atoms with van der Waals surface area (Å²) >= 11 is 0. The fourth-order valence-electron chi connectivity index (χ4n) is 3.33. The van der Waals surface area contributed by atoms with E-state index >= 15 is 0 Å². The van der Waals surface area contributed by atoms with Crippen LogP contribution < -0.4 is 4.72 Å². The molecular weight excluding hydrogens is 350 g/mol. The van der Waals surface area contributed by atoms with Crippen molar-refractivity contribution in [2.24, 2.45) is 5.92 Å². The van der Waals surface area contributed by atoms with Crippen LogP contribution in [0, 0.1) is 12.8 Å². The van der Waals surface area contributed by atoms with Crippen molar-refractivity contribution in [3.63, 3.8) is 0 Å². The summed E-state index contributed by atoms with van der Waals surface area (Å²) in [5.74, 6) is 0.579. The van der Waals surface area contributed by atoms with E-state index in [0.29, 0.717) is 18.0 Å². The molecule has 0 spiro atoms. The molecule has 0 bridgehead atoms. The lowest BCUT2D eigenvalue weighted by molar-refractivity contribution is -0.0280.